The zero-order chi connectivity index (χ0) is 33.1. The Morgan fingerprint density at radius 2 is 1.76 bits per heavy atom. The van der Waals surface area contributed by atoms with Gasteiger partial charge in [-0.3, -0.25) is 9.69 Å². The summed E-state index contributed by atoms with van der Waals surface area (Å²) in [5, 5.41) is 15.8. The third-order valence-electron chi connectivity index (χ3n) is 8.20. The fourth-order valence-corrected chi connectivity index (χ4v) is 5.55. The van der Waals surface area contributed by atoms with Crippen LogP contribution in [0.1, 0.15) is 56.0 Å². The summed E-state index contributed by atoms with van der Waals surface area (Å²) in [6.45, 7) is 7.75. The molecule has 1 aliphatic heterocycles. The number of benzene rings is 3. The van der Waals surface area contributed by atoms with E-state index in [9.17, 15) is 19.1 Å². The molecule has 10 heteroatoms. The van der Waals surface area contributed by atoms with E-state index in [4.69, 9.17) is 9.47 Å². The van der Waals surface area contributed by atoms with Crippen LogP contribution < -0.4 is 15.4 Å². The molecule has 0 unspecified atom stereocenters. The second-order valence-electron chi connectivity index (χ2n) is 12.3. The number of nitrogens with one attached hydrogen (secondary N) is 2. The fourth-order valence-electron chi connectivity index (χ4n) is 5.55. The molecule has 0 saturated carbocycles. The summed E-state index contributed by atoms with van der Waals surface area (Å²) < 4.78 is 26.2. The summed E-state index contributed by atoms with van der Waals surface area (Å²) in [4.78, 5) is 30.9. The van der Waals surface area contributed by atoms with Crippen LogP contribution in [-0.2, 0) is 11.3 Å². The first-order valence-corrected chi connectivity index (χ1v) is 16.0. The highest BCUT2D eigenvalue weighted by atomic mass is 19.1. The first-order chi connectivity index (χ1) is 22.1. The molecule has 0 fully saturated rings. The van der Waals surface area contributed by atoms with Crippen LogP contribution in [0.2, 0.25) is 0 Å². The van der Waals surface area contributed by atoms with E-state index in [0.717, 1.165) is 24.8 Å². The van der Waals surface area contributed by atoms with Crippen LogP contribution in [0.25, 0.3) is 0 Å². The fraction of sp³-hybridized carbons (Fsp3) is 0.444. The van der Waals surface area contributed by atoms with Crippen molar-refractivity contribution in [2.75, 3.05) is 44.0 Å². The normalized spacial score (nSPS) is 20.3. The molecular weight excluding hydrogens is 587 g/mol. The quantitative estimate of drug-likeness (QED) is 0.265. The van der Waals surface area contributed by atoms with Crippen molar-refractivity contribution < 1.29 is 28.6 Å². The van der Waals surface area contributed by atoms with Crippen LogP contribution in [0.3, 0.4) is 0 Å². The molecule has 0 bridgehead atoms. The molecule has 4 rings (SSSR count). The zero-order valence-corrected chi connectivity index (χ0v) is 27.2. The van der Waals surface area contributed by atoms with Crippen molar-refractivity contribution in [2.24, 2.45) is 5.92 Å². The number of anilines is 2. The molecule has 1 heterocycles. The number of urea groups is 1. The summed E-state index contributed by atoms with van der Waals surface area (Å²) >= 11 is 0. The molecule has 9 nitrogen and oxygen atoms in total. The second kappa shape index (κ2) is 17.1. The van der Waals surface area contributed by atoms with Crippen molar-refractivity contribution in [3.63, 3.8) is 0 Å². The van der Waals surface area contributed by atoms with Gasteiger partial charge in [0, 0.05) is 43.5 Å². The van der Waals surface area contributed by atoms with E-state index >= 15 is 0 Å². The van der Waals surface area contributed by atoms with Gasteiger partial charge in [0.1, 0.15) is 11.6 Å². The van der Waals surface area contributed by atoms with Gasteiger partial charge in [0.25, 0.3) is 5.91 Å². The van der Waals surface area contributed by atoms with Crippen LogP contribution in [0.15, 0.2) is 72.8 Å². The maximum Gasteiger partial charge on any atom is 0.323 e. The maximum absolute atomic E-state index is 14.3. The minimum atomic E-state index is -0.483. The number of aliphatic hydroxyl groups excluding tert-OH is 1. The number of hydrogen-bond acceptors (Lipinski definition) is 6. The molecule has 0 spiro atoms. The zero-order valence-electron chi connectivity index (χ0n) is 27.2. The molecule has 4 atom stereocenters. The number of halogens is 1. The first-order valence-electron chi connectivity index (χ1n) is 16.0. The molecule has 3 aromatic carbocycles. The molecule has 0 saturated heterocycles. The number of ether oxygens (including phenoxy) is 2. The van der Waals surface area contributed by atoms with Gasteiger partial charge in [0.15, 0.2) is 0 Å². The SMILES string of the molecule is C[C@@H]1CCCCO[C@@H](CN(C)Cc2ccc(F)cc2)[C@H](C)CN([C@@H](C)CO)C(=O)c2cc(NC(=O)Nc3ccccc3)ccc2O1. The Kier molecular flexibility index (Phi) is 12.9. The number of aliphatic hydroxyl groups is 1. The number of hydrogen-bond donors (Lipinski definition) is 3. The molecule has 0 aromatic heterocycles. The summed E-state index contributed by atoms with van der Waals surface area (Å²) in [6.07, 6.45) is 2.18. The van der Waals surface area contributed by atoms with E-state index in [2.05, 4.69) is 22.5 Å². The lowest BCUT2D eigenvalue weighted by molar-refractivity contribution is -0.0177. The van der Waals surface area contributed by atoms with Crippen molar-refractivity contribution in [3.8, 4) is 5.75 Å². The Morgan fingerprint density at radius 1 is 1.04 bits per heavy atom. The predicted molar refractivity (Wildman–Crippen MR) is 179 cm³/mol. The average Bonchev–Trinajstić information content (AvgIpc) is 3.04. The van der Waals surface area contributed by atoms with Gasteiger partial charge in [-0.15, -0.1) is 0 Å². The van der Waals surface area contributed by atoms with Crippen LogP contribution in [0, 0.1) is 11.7 Å². The molecule has 0 radical (unpaired) electrons. The summed E-state index contributed by atoms with van der Waals surface area (Å²) in [5.41, 5.74) is 2.38. The number of carbonyl (C=O) groups excluding carboxylic acids is 2. The van der Waals surface area contributed by atoms with Crippen LogP contribution in [0.4, 0.5) is 20.6 Å². The van der Waals surface area contributed by atoms with Gasteiger partial charge in [0.05, 0.1) is 30.4 Å². The number of amides is 3. The Labute approximate surface area is 271 Å². The van der Waals surface area contributed by atoms with Gasteiger partial charge in [-0.1, -0.05) is 37.3 Å². The minimum absolute atomic E-state index is 0.0854. The number of para-hydroxylation sites is 1. The smallest absolute Gasteiger partial charge is 0.323 e. The number of nitrogens with zero attached hydrogens (tertiary/aromatic N) is 2. The summed E-state index contributed by atoms with van der Waals surface area (Å²) in [6, 6.07) is 19.7. The van der Waals surface area contributed by atoms with Crippen LogP contribution >= 0.6 is 0 Å². The van der Waals surface area contributed by atoms with Gasteiger partial charge < -0.3 is 30.1 Å². The third kappa shape index (κ3) is 10.3. The van der Waals surface area contributed by atoms with Gasteiger partial charge in [-0.25, -0.2) is 9.18 Å². The third-order valence-corrected chi connectivity index (χ3v) is 8.20. The lowest BCUT2D eigenvalue weighted by Crippen LogP contribution is -2.47. The highest BCUT2D eigenvalue weighted by Gasteiger charge is 2.30. The van der Waals surface area contributed by atoms with E-state index in [1.807, 2.05) is 39.1 Å². The summed E-state index contributed by atoms with van der Waals surface area (Å²) in [7, 11) is 2.00. The molecule has 0 aliphatic carbocycles. The number of carbonyl (C=O) groups is 2. The first kappa shape index (κ1) is 34.9. The molecule has 3 N–H and O–H groups in total. The van der Waals surface area contributed by atoms with E-state index < -0.39 is 12.1 Å². The minimum Gasteiger partial charge on any atom is -0.490 e. The van der Waals surface area contributed by atoms with Crippen LogP contribution in [-0.4, -0.2) is 78.4 Å². The van der Waals surface area contributed by atoms with Crippen molar-refractivity contribution in [3.05, 3.63) is 89.7 Å². The average molecular weight is 635 g/mol. The van der Waals surface area contributed by atoms with Gasteiger partial charge in [-0.05, 0) is 88.2 Å². The van der Waals surface area contributed by atoms with E-state index in [0.29, 0.717) is 48.9 Å². The van der Waals surface area contributed by atoms with Crippen molar-refractivity contribution in [1.29, 1.82) is 0 Å². The highest BCUT2D eigenvalue weighted by Crippen LogP contribution is 2.29. The number of likely N-dealkylation sites (N-methyl/N-ethyl adjacent to an activating group) is 1. The largest absolute Gasteiger partial charge is 0.490 e. The Balaban J connectivity index is 1.58. The Hall–Kier alpha value is -3.99. The van der Waals surface area contributed by atoms with E-state index in [-0.39, 0.29) is 36.5 Å². The van der Waals surface area contributed by atoms with Gasteiger partial charge in [0.2, 0.25) is 0 Å². The van der Waals surface area contributed by atoms with E-state index in [1.54, 1.807) is 47.4 Å². The molecule has 3 amide bonds. The topological polar surface area (TPSA) is 103 Å². The molecular formula is C36H47FN4O5. The number of rotatable bonds is 8. The molecule has 3 aromatic rings. The van der Waals surface area contributed by atoms with Crippen LogP contribution in [0.5, 0.6) is 5.75 Å². The van der Waals surface area contributed by atoms with Gasteiger partial charge in [-0.2, -0.15) is 0 Å². The predicted octanol–water partition coefficient (Wildman–Crippen LogP) is 6.40. The Morgan fingerprint density at radius 3 is 2.48 bits per heavy atom. The lowest BCUT2D eigenvalue weighted by atomic mass is 10.0. The van der Waals surface area contributed by atoms with Crippen molar-refractivity contribution in [1.82, 2.24) is 9.80 Å². The van der Waals surface area contributed by atoms with E-state index in [1.165, 1.54) is 12.1 Å². The standard InChI is InChI=1S/C36H47FN4O5/c1-25-21-41(26(2)24-42)35(43)32-20-31(39-36(44)38-30-11-6-5-7-12-30)17-18-33(32)46-27(3)10-8-9-19-45-34(25)23-40(4)22-28-13-15-29(37)16-14-28/h5-7,11-18,20,25-27,34,42H,8-10,19,21-24H2,1-4H3,(H2,38,39,44)/t25-,26+,27-,34+/m1/s1. The molecule has 46 heavy (non-hydrogen) atoms. The van der Waals surface area contributed by atoms with Crippen molar-refractivity contribution in [2.45, 2.75) is 64.8 Å². The monoisotopic (exact) mass is 634 g/mol. The summed E-state index contributed by atoms with van der Waals surface area (Å²) in [5.74, 6) is -0.231. The molecule has 248 valence electrons. The number of fused-ring (bicyclic) bond motifs is 1. The lowest BCUT2D eigenvalue weighted by Gasteiger charge is -2.36. The van der Waals surface area contributed by atoms with Gasteiger partial charge >= 0.3 is 6.03 Å². The second-order valence-corrected chi connectivity index (χ2v) is 12.3. The highest BCUT2D eigenvalue weighted by molar-refractivity contribution is 6.02. The molecule has 1 aliphatic rings. The Bertz CT molecular complexity index is 1410. The maximum atomic E-state index is 14.3. The van der Waals surface area contributed by atoms with Crippen molar-refractivity contribution >= 4 is 23.3 Å².